The van der Waals surface area contributed by atoms with Gasteiger partial charge in [0.2, 0.25) is 5.91 Å². The van der Waals surface area contributed by atoms with Crippen molar-refractivity contribution in [3.8, 4) is 0 Å². The van der Waals surface area contributed by atoms with Gasteiger partial charge in [-0.05, 0) is 23.1 Å². The molecule has 0 spiro atoms. The highest BCUT2D eigenvalue weighted by molar-refractivity contribution is 8.02. The number of thiazole rings is 1. The number of carboxylic acids is 1. The molecule has 2 aromatic heterocycles. The van der Waals surface area contributed by atoms with Crippen LogP contribution in [0, 0.1) is 5.41 Å². The van der Waals surface area contributed by atoms with E-state index in [1.807, 2.05) is 23.6 Å². The molecule has 184 valence electrons. The van der Waals surface area contributed by atoms with Crippen LogP contribution < -0.4 is 11.1 Å². The number of nitrogen functional groups attached to an aromatic ring is 1. The van der Waals surface area contributed by atoms with E-state index in [0.29, 0.717) is 11.5 Å². The number of oxime groups is 1. The lowest BCUT2D eigenvalue weighted by atomic mass is 9.89. The van der Waals surface area contributed by atoms with Gasteiger partial charge in [0.25, 0.3) is 5.91 Å². The predicted octanol–water partition coefficient (Wildman–Crippen LogP) is 1.35. The molecule has 0 aliphatic carbocycles. The van der Waals surface area contributed by atoms with Gasteiger partial charge in [-0.3, -0.25) is 19.4 Å². The van der Waals surface area contributed by atoms with Crippen LogP contribution in [0.2, 0.25) is 0 Å². The van der Waals surface area contributed by atoms with Gasteiger partial charge >= 0.3 is 5.97 Å². The summed E-state index contributed by atoms with van der Waals surface area (Å²) in [7, 11) is 1.30. The summed E-state index contributed by atoms with van der Waals surface area (Å²) in [5, 5.41) is 19.7. The smallest absolute Gasteiger partial charge is 0.313 e. The topological polar surface area (TPSA) is 160 Å². The lowest BCUT2D eigenvalue weighted by Gasteiger charge is -2.53. The van der Waals surface area contributed by atoms with E-state index in [9.17, 15) is 19.5 Å². The number of nitrogens with one attached hydrogen (secondary N) is 1. The Morgan fingerprint density at radius 1 is 1.51 bits per heavy atom. The minimum atomic E-state index is -1.10. The highest BCUT2D eigenvalue weighted by Crippen LogP contribution is 2.43. The lowest BCUT2D eigenvalue weighted by Crippen LogP contribution is -2.74. The fourth-order valence-corrected chi connectivity index (χ4v) is 6.82. The second-order valence-electron chi connectivity index (χ2n) is 7.80. The number of pyridine rings is 1. The van der Waals surface area contributed by atoms with Gasteiger partial charge in [0.15, 0.2) is 10.8 Å². The van der Waals surface area contributed by atoms with Crippen molar-refractivity contribution in [3.63, 3.8) is 0 Å². The van der Waals surface area contributed by atoms with Crippen molar-refractivity contribution in [2.45, 2.75) is 11.4 Å². The number of carbonyl (C=O) groups excluding carboxylic acids is 2. The summed E-state index contributed by atoms with van der Waals surface area (Å²) in [6.07, 6.45) is 5.26. The van der Waals surface area contributed by atoms with Gasteiger partial charge in [0.05, 0.1) is 0 Å². The van der Waals surface area contributed by atoms with Crippen molar-refractivity contribution >= 4 is 69.6 Å². The van der Waals surface area contributed by atoms with Crippen LogP contribution in [0.1, 0.15) is 11.3 Å². The molecule has 2 unspecified atom stereocenters. The molecule has 0 radical (unpaired) electrons. The minimum Gasteiger partial charge on any atom is -0.481 e. The van der Waals surface area contributed by atoms with Crippen molar-refractivity contribution in [3.05, 3.63) is 46.6 Å². The van der Waals surface area contributed by atoms with Gasteiger partial charge in [0, 0.05) is 35.8 Å². The van der Waals surface area contributed by atoms with Crippen LogP contribution in [-0.4, -0.2) is 80.0 Å². The number of nitrogens with zero attached hydrogens (tertiary/aromatic N) is 4. The first kappa shape index (κ1) is 25.0. The number of aliphatic carboxylic acids is 1. The molecule has 2 saturated heterocycles. The summed E-state index contributed by atoms with van der Waals surface area (Å²) in [5.41, 5.74) is 5.61. The number of carbonyl (C=O) groups is 3. The van der Waals surface area contributed by atoms with E-state index in [4.69, 9.17) is 10.6 Å². The molecule has 4 N–H and O–H groups in total. The number of hydrogen-bond donors (Lipinski definition) is 3. The Balaban J connectivity index is 1.38. The molecule has 2 aromatic rings. The monoisotopic (exact) mass is 534 g/mol. The molecule has 2 aliphatic heterocycles. The Morgan fingerprint density at radius 3 is 3.00 bits per heavy atom. The molecule has 11 nitrogen and oxygen atoms in total. The molecule has 2 amide bonds. The van der Waals surface area contributed by atoms with E-state index in [-0.39, 0.29) is 34.4 Å². The summed E-state index contributed by atoms with van der Waals surface area (Å²) in [6.45, 7) is 0.0700. The third kappa shape index (κ3) is 5.28. The minimum absolute atomic E-state index is 0.0700. The second-order valence-corrected chi connectivity index (χ2v) is 10.7. The molecule has 2 aliphatic rings. The molecule has 3 atom stereocenters. The molecule has 4 rings (SSSR count). The SMILES string of the molecule is CON=C(C(=O)NC1C(=O)N2CC(CSC=Cc3cccnc3)(C(=O)O)CS[C@H]12)c1csc(N)n1. The number of thioether (sulfide) groups is 2. The number of carboxylic acid groups (broad SMARTS) is 1. The van der Waals surface area contributed by atoms with Crippen molar-refractivity contribution in [1.82, 2.24) is 20.2 Å². The summed E-state index contributed by atoms with van der Waals surface area (Å²) in [4.78, 5) is 52.2. The van der Waals surface area contributed by atoms with Crippen LogP contribution in [0.25, 0.3) is 6.08 Å². The Labute approximate surface area is 213 Å². The number of β-lactam (4-membered cyclic amide) rings is 1. The maximum absolute atomic E-state index is 12.9. The highest BCUT2D eigenvalue weighted by Gasteiger charge is 2.57. The number of nitrogens with two attached hydrogens (primary N) is 1. The van der Waals surface area contributed by atoms with Gasteiger partial charge < -0.3 is 25.9 Å². The van der Waals surface area contributed by atoms with Crippen LogP contribution in [-0.2, 0) is 19.2 Å². The largest absolute Gasteiger partial charge is 0.481 e. The zero-order valence-electron chi connectivity index (χ0n) is 18.5. The fourth-order valence-electron chi connectivity index (χ4n) is 3.62. The average molecular weight is 535 g/mol. The molecular formula is C21H22N6O5S3. The lowest BCUT2D eigenvalue weighted by molar-refractivity contribution is -0.157. The van der Waals surface area contributed by atoms with Gasteiger partial charge in [-0.15, -0.1) is 34.9 Å². The van der Waals surface area contributed by atoms with Crippen molar-refractivity contribution in [2.24, 2.45) is 10.6 Å². The molecule has 0 aromatic carbocycles. The molecule has 35 heavy (non-hydrogen) atoms. The summed E-state index contributed by atoms with van der Waals surface area (Å²) >= 11 is 3.86. The maximum Gasteiger partial charge on any atom is 0.313 e. The first-order valence-electron chi connectivity index (χ1n) is 10.3. The zero-order chi connectivity index (χ0) is 25.0. The maximum atomic E-state index is 12.9. The third-order valence-corrected chi connectivity index (χ3v) is 8.76. The fraction of sp³-hybridized carbons (Fsp3) is 0.333. The molecule has 14 heteroatoms. The highest BCUT2D eigenvalue weighted by atomic mass is 32.2. The van der Waals surface area contributed by atoms with Crippen LogP contribution in [0.15, 0.2) is 40.5 Å². The van der Waals surface area contributed by atoms with Gasteiger partial charge in [-0.25, -0.2) is 4.98 Å². The quantitative estimate of drug-likeness (QED) is 0.243. The number of hydrogen-bond acceptors (Lipinski definition) is 11. The van der Waals surface area contributed by atoms with Gasteiger partial charge in [-0.2, -0.15) is 0 Å². The summed E-state index contributed by atoms with van der Waals surface area (Å²) in [5.74, 6) is -1.32. The number of fused-ring (bicyclic) bond motifs is 1. The first-order chi connectivity index (χ1) is 16.8. The Bertz CT molecular complexity index is 1170. The van der Waals surface area contributed by atoms with Crippen molar-refractivity contribution < 1.29 is 24.3 Å². The number of amides is 2. The normalized spacial score (nSPS) is 24.1. The van der Waals surface area contributed by atoms with Crippen LogP contribution in [0.3, 0.4) is 0 Å². The zero-order valence-corrected chi connectivity index (χ0v) is 20.9. The van der Waals surface area contributed by atoms with E-state index in [1.54, 1.807) is 17.8 Å². The predicted molar refractivity (Wildman–Crippen MR) is 136 cm³/mol. The Hall–Kier alpha value is -3.10. The Morgan fingerprint density at radius 2 is 2.34 bits per heavy atom. The first-order valence-corrected chi connectivity index (χ1v) is 13.3. The molecule has 0 bridgehead atoms. The molecule has 2 fully saturated rings. The van der Waals surface area contributed by atoms with Crippen molar-refractivity contribution in [1.29, 1.82) is 0 Å². The number of aromatic nitrogens is 2. The van der Waals surface area contributed by atoms with Crippen LogP contribution >= 0.6 is 34.9 Å². The van der Waals surface area contributed by atoms with Gasteiger partial charge in [0.1, 0.15) is 29.6 Å². The van der Waals surface area contributed by atoms with Crippen molar-refractivity contribution in [2.75, 3.05) is 30.9 Å². The standard InChI is InChI=1S/C21H22N6O5S3/c1-32-26-14(13-8-34-20(22)24-13)16(28)25-15-17(29)27-9-21(19(30)31,11-35-18(15)27)10-33-6-4-12-3-2-5-23-7-12/h2-8,15,18H,9-11H2,1H3,(H2,22,24)(H,25,28)(H,30,31)/t15?,18-,21?/m1/s1. The molecule has 0 saturated carbocycles. The van der Waals surface area contributed by atoms with E-state index in [2.05, 4.69) is 20.4 Å². The summed E-state index contributed by atoms with van der Waals surface area (Å²) < 4.78 is 0. The second kappa shape index (κ2) is 10.7. The summed E-state index contributed by atoms with van der Waals surface area (Å²) in [6, 6.07) is 2.93. The van der Waals surface area contributed by atoms with E-state index in [1.165, 1.54) is 35.5 Å². The molecular weight excluding hydrogens is 512 g/mol. The van der Waals surface area contributed by atoms with Crippen LogP contribution in [0.4, 0.5) is 5.13 Å². The average Bonchev–Trinajstić information content (AvgIpc) is 3.29. The van der Waals surface area contributed by atoms with E-state index in [0.717, 1.165) is 16.9 Å². The Kier molecular flexibility index (Phi) is 7.62. The van der Waals surface area contributed by atoms with E-state index >= 15 is 0 Å². The third-order valence-electron chi connectivity index (χ3n) is 5.45. The molecule has 4 heterocycles. The van der Waals surface area contributed by atoms with E-state index < -0.39 is 23.3 Å². The number of rotatable bonds is 9. The van der Waals surface area contributed by atoms with Crippen LogP contribution in [0.5, 0.6) is 0 Å². The number of anilines is 1. The van der Waals surface area contributed by atoms with Gasteiger partial charge in [-0.1, -0.05) is 11.2 Å².